The molecule has 3 aliphatic rings. The van der Waals surface area contributed by atoms with Gasteiger partial charge >= 0.3 is 15.6 Å². The van der Waals surface area contributed by atoms with Crippen molar-refractivity contribution in [2.75, 3.05) is 18.1 Å². The highest BCUT2D eigenvalue weighted by molar-refractivity contribution is 8.18. The summed E-state index contributed by atoms with van der Waals surface area (Å²) in [5.74, 6) is -1.85. The number of hydrogen-bond donors (Lipinski definition) is 1. The highest BCUT2D eigenvalue weighted by atomic mass is 32.2. The maximum absolute atomic E-state index is 15.8. The first-order valence-corrected chi connectivity index (χ1v) is 33.1. The molecule has 5 rings (SSSR count). The van der Waals surface area contributed by atoms with E-state index in [9.17, 15) is 26.7 Å². The van der Waals surface area contributed by atoms with Crippen LogP contribution in [-0.2, 0) is 27.9 Å². The number of allylic oxidation sites excluding steroid dienone is 4. The summed E-state index contributed by atoms with van der Waals surface area (Å²) >= 11 is 3.57. The molecule has 2 aromatic carbocycles. The van der Waals surface area contributed by atoms with Gasteiger partial charge < -0.3 is 18.1 Å². The minimum atomic E-state index is -6.25. The number of hydrogen-bond acceptors (Lipinski definition) is 9. The number of carbonyl (C=O) groups excluding carboxylic acids is 1. The first kappa shape index (κ1) is 57.5. The van der Waals surface area contributed by atoms with Gasteiger partial charge in [0.1, 0.15) is 5.76 Å². The summed E-state index contributed by atoms with van der Waals surface area (Å²) in [7, 11) is -12.2. The van der Waals surface area contributed by atoms with E-state index in [0.29, 0.717) is 6.42 Å². The summed E-state index contributed by atoms with van der Waals surface area (Å²) < 4.78 is 90.3. The Morgan fingerprint density at radius 2 is 1.43 bits per heavy atom. The normalized spacial score (nSPS) is 24.6. The number of Topliss-reactive ketones (excluding diaryl/α,β-unsaturated/α-hetero) is 1. The molecule has 3 fully saturated rings. The standard InChI is InChI=1S/C54H79F3O7S3Si2/c1-10-16-18-19-20-27-34-43-44(40-46(58)53(36-28-17-11-2)65-38-29-39-66-53)49-50(59)47(48(43)52(49,12-3)64-68(13-4,14-5)15-6)45(63-67(60,61)54(55,56)57)35-37-62-69(51(7,8)9,41-30-23-21-24-31-41)42-32-25-22-26-33-42/h10-12,16-17,21-26,30-33,43-44,46,48-49,58H,3,13-15,18-20,27-29,34-40H2,1-2,4-9H3/b16-10+,17-11+,47-45-/t43-,44-,46-,48-,49+,52-/m1/s1. The van der Waals surface area contributed by atoms with Crippen LogP contribution in [0, 0.1) is 23.7 Å². The van der Waals surface area contributed by atoms with Crippen molar-refractivity contribution in [3.8, 4) is 0 Å². The van der Waals surface area contributed by atoms with Crippen LogP contribution < -0.4 is 10.4 Å². The van der Waals surface area contributed by atoms with Gasteiger partial charge in [0.05, 0.1) is 21.7 Å². The highest BCUT2D eigenvalue weighted by Crippen LogP contribution is 2.66. The average Bonchev–Trinajstić information content (AvgIpc) is 3.72. The van der Waals surface area contributed by atoms with Crippen LogP contribution in [0.4, 0.5) is 13.2 Å². The zero-order chi connectivity index (χ0) is 50.7. The summed E-state index contributed by atoms with van der Waals surface area (Å²) in [4.78, 5) is 15.8. The molecule has 384 valence electrons. The van der Waals surface area contributed by atoms with Crippen molar-refractivity contribution in [2.45, 2.75) is 164 Å². The van der Waals surface area contributed by atoms with Gasteiger partial charge in [0.15, 0.2) is 14.1 Å². The van der Waals surface area contributed by atoms with Crippen molar-refractivity contribution >= 4 is 66.4 Å². The number of benzene rings is 2. The fourth-order valence-corrected chi connectivity index (χ4v) is 23.2. The van der Waals surface area contributed by atoms with Crippen molar-refractivity contribution in [2.24, 2.45) is 23.7 Å². The number of carbonyl (C=O) groups is 1. The second-order valence-electron chi connectivity index (χ2n) is 20.1. The van der Waals surface area contributed by atoms with Crippen LogP contribution in [0.3, 0.4) is 0 Å². The Balaban J connectivity index is 1.75. The lowest BCUT2D eigenvalue weighted by atomic mass is 9.71. The molecule has 2 bridgehead atoms. The molecular weight excluding hydrogens is 970 g/mol. The monoisotopic (exact) mass is 1050 g/mol. The fourth-order valence-electron chi connectivity index (χ4n) is 11.7. The number of alkyl halides is 3. The van der Waals surface area contributed by atoms with Gasteiger partial charge in [-0.25, -0.2) is 0 Å². The lowest BCUT2D eigenvalue weighted by molar-refractivity contribution is -0.123. The molecule has 0 spiro atoms. The van der Waals surface area contributed by atoms with E-state index in [1.165, 1.54) is 0 Å². The van der Waals surface area contributed by atoms with E-state index in [1.807, 2.05) is 86.7 Å². The summed E-state index contributed by atoms with van der Waals surface area (Å²) in [6, 6.07) is 21.7. The third kappa shape index (κ3) is 12.2. The van der Waals surface area contributed by atoms with E-state index in [4.69, 9.17) is 13.0 Å². The van der Waals surface area contributed by atoms with Gasteiger partial charge in [-0.05, 0) is 116 Å². The van der Waals surface area contributed by atoms with Crippen LogP contribution in [0.25, 0.3) is 0 Å². The Labute approximate surface area is 423 Å². The molecule has 2 saturated carbocycles. The van der Waals surface area contributed by atoms with Crippen LogP contribution in [0.5, 0.6) is 0 Å². The molecule has 1 aliphatic heterocycles. The SMILES string of the molecule is C=C[C@]1(O[Si](CC)(CC)CC)[C@@H]2C(=O)/C(=C(/CCO[Si](c3ccccc3)(c3ccccc3)C(C)(C)C)OS(=O)(=O)C(F)(F)F)[C@H]1[C@H](CCCCC/C=C/C)[C@H]2C[C@@H](O)C1(CC/C=C/C)SCCCS1. The minimum Gasteiger partial charge on any atom is -0.407 e. The molecule has 1 N–H and O–H groups in total. The molecule has 0 aromatic heterocycles. The number of aliphatic hydroxyl groups is 1. The summed E-state index contributed by atoms with van der Waals surface area (Å²) in [5.41, 5.74) is -7.21. The van der Waals surface area contributed by atoms with E-state index >= 15 is 4.79 Å². The number of unbranched alkanes of at least 4 members (excludes halogenated alkanes) is 3. The Morgan fingerprint density at radius 1 is 0.870 bits per heavy atom. The largest absolute Gasteiger partial charge is 0.534 e. The number of aliphatic hydroxyl groups excluding tert-OH is 1. The minimum absolute atomic E-state index is 0.0705. The van der Waals surface area contributed by atoms with Crippen molar-refractivity contribution in [1.82, 2.24) is 0 Å². The van der Waals surface area contributed by atoms with Crippen molar-refractivity contribution in [3.63, 3.8) is 0 Å². The molecule has 0 unspecified atom stereocenters. The lowest BCUT2D eigenvalue weighted by Gasteiger charge is -2.43. The van der Waals surface area contributed by atoms with Crippen molar-refractivity contribution < 1.29 is 44.5 Å². The number of thioether (sulfide) groups is 2. The first-order valence-electron chi connectivity index (χ1n) is 25.3. The molecule has 2 aliphatic carbocycles. The second kappa shape index (κ2) is 24.6. The molecule has 7 nitrogen and oxygen atoms in total. The van der Waals surface area contributed by atoms with Gasteiger partial charge in [-0.2, -0.15) is 21.6 Å². The Bertz CT molecular complexity index is 2140. The number of fused-ring (bicyclic) bond motifs is 2. The Morgan fingerprint density at radius 3 is 1.94 bits per heavy atom. The Kier molecular flexibility index (Phi) is 20.5. The smallest absolute Gasteiger partial charge is 0.407 e. The third-order valence-electron chi connectivity index (χ3n) is 15.3. The van der Waals surface area contributed by atoms with Crippen LogP contribution in [0.1, 0.15) is 120 Å². The maximum atomic E-state index is 15.8. The topological polar surface area (TPSA) is 99.1 Å². The number of ketones is 1. The molecule has 0 amide bonds. The van der Waals surface area contributed by atoms with E-state index in [2.05, 4.69) is 60.3 Å². The summed E-state index contributed by atoms with van der Waals surface area (Å²) in [6.45, 7) is 20.6. The van der Waals surface area contributed by atoms with E-state index in [0.717, 1.165) is 85.0 Å². The molecule has 15 heteroatoms. The summed E-state index contributed by atoms with van der Waals surface area (Å²) in [6.07, 6.45) is 15.7. The molecule has 2 aromatic rings. The predicted octanol–water partition coefficient (Wildman–Crippen LogP) is 13.3. The quantitative estimate of drug-likeness (QED) is 0.0188. The predicted molar refractivity (Wildman–Crippen MR) is 286 cm³/mol. The maximum Gasteiger partial charge on any atom is 0.534 e. The van der Waals surface area contributed by atoms with E-state index < -0.39 is 88.8 Å². The van der Waals surface area contributed by atoms with E-state index in [-0.39, 0.29) is 24.5 Å². The average molecular weight is 1050 g/mol. The van der Waals surface area contributed by atoms with Crippen molar-refractivity contribution in [1.29, 1.82) is 0 Å². The van der Waals surface area contributed by atoms with Gasteiger partial charge in [-0.3, -0.25) is 4.79 Å². The highest BCUT2D eigenvalue weighted by Gasteiger charge is 2.71. The molecule has 0 radical (unpaired) electrons. The number of rotatable bonds is 26. The lowest BCUT2D eigenvalue weighted by Crippen LogP contribution is -2.66. The fraction of sp³-hybridized carbons (Fsp3) is 0.611. The van der Waals surface area contributed by atoms with Gasteiger partial charge in [0, 0.05) is 24.5 Å². The van der Waals surface area contributed by atoms with Gasteiger partial charge in [-0.15, -0.1) is 30.1 Å². The number of halogens is 3. The van der Waals surface area contributed by atoms with Crippen LogP contribution in [0.2, 0.25) is 23.2 Å². The second-order valence-corrected chi connectivity index (χ2v) is 33.7. The third-order valence-corrected chi connectivity index (χ3v) is 29.6. The molecule has 69 heavy (non-hydrogen) atoms. The summed E-state index contributed by atoms with van der Waals surface area (Å²) in [5, 5.41) is 14.0. The van der Waals surface area contributed by atoms with Gasteiger partial charge in [0.25, 0.3) is 8.32 Å². The zero-order valence-corrected chi connectivity index (χ0v) is 46.8. The molecule has 6 atom stereocenters. The molecular formula is C54H79F3O7S3Si2. The van der Waals surface area contributed by atoms with Crippen LogP contribution in [0.15, 0.2) is 109 Å². The molecule has 1 heterocycles. The van der Waals surface area contributed by atoms with Crippen LogP contribution in [-0.4, -0.2) is 75.3 Å². The Hall–Kier alpha value is -2.38. The van der Waals surface area contributed by atoms with E-state index in [1.54, 1.807) is 29.6 Å². The molecule has 1 saturated heterocycles. The van der Waals surface area contributed by atoms with Gasteiger partial charge in [0.2, 0.25) is 0 Å². The first-order chi connectivity index (χ1) is 32.7. The van der Waals surface area contributed by atoms with Crippen molar-refractivity contribution in [3.05, 3.63) is 109 Å². The van der Waals surface area contributed by atoms with Gasteiger partial charge in [-0.1, -0.05) is 145 Å². The zero-order valence-electron chi connectivity index (χ0n) is 42.3. The van der Waals surface area contributed by atoms with Crippen LogP contribution >= 0.6 is 23.5 Å².